The second kappa shape index (κ2) is 9.76. The van der Waals surface area contributed by atoms with Crippen molar-refractivity contribution in [1.29, 1.82) is 0 Å². The number of carboxylic acids is 1. The van der Waals surface area contributed by atoms with Crippen LogP contribution in [0.25, 0.3) is 0 Å². The Bertz CT molecular complexity index is 435. The van der Waals surface area contributed by atoms with Crippen molar-refractivity contribution in [2.75, 3.05) is 13.6 Å². The molecule has 0 amide bonds. The normalized spacial score (nSPS) is 10.3. The van der Waals surface area contributed by atoms with Crippen LogP contribution in [0.15, 0.2) is 30.3 Å². The molecule has 0 atom stereocenters. The first kappa shape index (κ1) is 18.9. The SMILES string of the molecule is CNCCCC(=O)Oc1ccccc1.O=C(O)C(F)(F)F. The van der Waals surface area contributed by atoms with Crippen LogP contribution in [-0.2, 0) is 9.59 Å². The summed E-state index contributed by atoms with van der Waals surface area (Å²) in [6.45, 7) is 0.837. The molecule has 1 aromatic rings. The van der Waals surface area contributed by atoms with E-state index in [0.29, 0.717) is 12.2 Å². The van der Waals surface area contributed by atoms with Crippen molar-refractivity contribution in [1.82, 2.24) is 5.32 Å². The summed E-state index contributed by atoms with van der Waals surface area (Å²) in [5, 5.41) is 10.1. The van der Waals surface area contributed by atoms with Crippen molar-refractivity contribution < 1.29 is 32.6 Å². The molecule has 0 aromatic heterocycles. The molecule has 0 aliphatic rings. The van der Waals surface area contributed by atoms with Gasteiger partial charge >= 0.3 is 18.1 Å². The molecule has 0 radical (unpaired) electrons. The quantitative estimate of drug-likeness (QED) is 0.495. The number of carboxylic acid groups (broad SMARTS) is 1. The maximum absolute atomic E-state index is 11.2. The lowest BCUT2D eigenvalue weighted by atomic mass is 10.3. The van der Waals surface area contributed by atoms with Crippen molar-refractivity contribution in [2.45, 2.75) is 19.0 Å². The number of carbonyl (C=O) groups excluding carboxylic acids is 1. The van der Waals surface area contributed by atoms with Gasteiger partial charge in [-0.1, -0.05) is 18.2 Å². The molecule has 0 aliphatic heterocycles. The average molecular weight is 307 g/mol. The van der Waals surface area contributed by atoms with E-state index < -0.39 is 12.1 Å². The molecule has 0 spiro atoms. The molecule has 118 valence electrons. The molecule has 0 saturated heterocycles. The minimum Gasteiger partial charge on any atom is -0.475 e. The summed E-state index contributed by atoms with van der Waals surface area (Å²) in [5.41, 5.74) is 0. The first-order valence-corrected chi connectivity index (χ1v) is 5.97. The molecule has 0 fully saturated rings. The number of hydrogen-bond acceptors (Lipinski definition) is 4. The molecular weight excluding hydrogens is 291 g/mol. The minimum atomic E-state index is -5.08. The van der Waals surface area contributed by atoms with Gasteiger partial charge in [0.15, 0.2) is 0 Å². The zero-order chi connectivity index (χ0) is 16.3. The number of para-hydroxylation sites is 1. The fourth-order valence-corrected chi connectivity index (χ4v) is 1.08. The first-order chi connectivity index (χ1) is 9.77. The van der Waals surface area contributed by atoms with E-state index in [-0.39, 0.29) is 5.97 Å². The summed E-state index contributed by atoms with van der Waals surface area (Å²) in [4.78, 5) is 20.1. The third-order valence-corrected chi connectivity index (χ3v) is 2.03. The molecule has 0 aliphatic carbocycles. The van der Waals surface area contributed by atoms with Gasteiger partial charge in [-0.15, -0.1) is 0 Å². The Morgan fingerprint density at radius 2 is 1.76 bits per heavy atom. The fraction of sp³-hybridized carbons (Fsp3) is 0.385. The highest BCUT2D eigenvalue weighted by molar-refractivity contribution is 5.73. The molecule has 21 heavy (non-hydrogen) atoms. The number of aliphatic carboxylic acids is 1. The summed E-state index contributed by atoms with van der Waals surface area (Å²) < 4.78 is 36.8. The first-order valence-electron chi connectivity index (χ1n) is 5.97. The lowest BCUT2D eigenvalue weighted by molar-refractivity contribution is -0.192. The second-order valence-electron chi connectivity index (χ2n) is 3.80. The van der Waals surface area contributed by atoms with Crippen LogP contribution in [0.5, 0.6) is 5.75 Å². The van der Waals surface area contributed by atoms with E-state index in [0.717, 1.165) is 13.0 Å². The third kappa shape index (κ3) is 10.4. The van der Waals surface area contributed by atoms with Crippen molar-refractivity contribution in [2.24, 2.45) is 0 Å². The van der Waals surface area contributed by atoms with Crippen LogP contribution >= 0.6 is 0 Å². The molecule has 2 N–H and O–H groups in total. The Morgan fingerprint density at radius 3 is 2.19 bits per heavy atom. The van der Waals surface area contributed by atoms with E-state index in [1.54, 1.807) is 12.1 Å². The number of esters is 1. The van der Waals surface area contributed by atoms with Crippen molar-refractivity contribution in [3.63, 3.8) is 0 Å². The Hall–Kier alpha value is -2.09. The lowest BCUT2D eigenvalue weighted by Crippen LogP contribution is -2.21. The summed E-state index contributed by atoms with van der Waals surface area (Å²) in [5.74, 6) is -2.32. The van der Waals surface area contributed by atoms with Gasteiger partial charge in [0, 0.05) is 6.42 Å². The molecule has 8 heteroatoms. The number of benzene rings is 1. The van der Waals surface area contributed by atoms with E-state index in [1.165, 1.54) is 0 Å². The highest BCUT2D eigenvalue weighted by atomic mass is 19.4. The number of rotatable bonds is 5. The van der Waals surface area contributed by atoms with Gasteiger partial charge in [-0.2, -0.15) is 13.2 Å². The molecule has 0 heterocycles. The van der Waals surface area contributed by atoms with Gasteiger partial charge in [0.05, 0.1) is 0 Å². The Kier molecular flexibility index (Phi) is 8.79. The van der Waals surface area contributed by atoms with Gasteiger partial charge in [-0.25, -0.2) is 4.79 Å². The van der Waals surface area contributed by atoms with Gasteiger partial charge in [-0.3, -0.25) is 4.79 Å². The van der Waals surface area contributed by atoms with Gasteiger partial charge in [0.25, 0.3) is 0 Å². The maximum atomic E-state index is 11.2. The van der Waals surface area contributed by atoms with Gasteiger partial charge in [0.2, 0.25) is 0 Å². The average Bonchev–Trinajstić information content (AvgIpc) is 2.39. The van der Waals surface area contributed by atoms with E-state index in [1.807, 2.05) is 25.2 Å². The summed E-state index contributed by atoms with van der Waals surface area (Å²) in [7, 11) is 1.86. The monoisotopic (exact) mass is 307 g/mol. The Morgan fingerprint density at radius 1 is 1.24 bits per heavy atom. The van der Waals surface area contributed by atoms with Crippen LogP contribution in [0.2, 0.25) is 0 Å². The van der Waals surface area contributed by atoms with Gasteiger partial charge in [0.1, 0.15) is 5.75 Å². The summed E-state index contributed by atoms with van der Waals surface area (Å²) >= 11 is 0. The lowest BCUT2D eigenvalue weighted by Gasteiger charge is -2.03. The van der Waals surface area contributed by atoms with Crippen LogP contribution < -0.4 is 10.1 Å². The molecular formula is C13H16F3NO4. The van der Waals surface area contributed by atoms with Crippen molar-refractivity contribution in [3.05, 3.63) is 30.3 Å². The van der Waals surface area contributed by atoms with Crippen LogP contribution in [0.1, 0.15) is 12.8 Å². The Labute approximate surface area is 119 Å². The number of alkyl halides is 3. The van der Waals surface area contributed by atoms with Gasteiger partial charge < -0.3 is 15.2 Å². The largest absolute Gasteiger partial charge is 0.490 e. The standard InChI is InChI=1S/C11H15NO2.C2HF3O2/c1-12-9-5-8-11(13)14-10-6-3-2-4-7-10;3-2(4,5)1(6)7/h2-4,6-7,12H,5,8-9H2,1H3;(H,6,7). The fourth-order valence-electron chi connectivity index (χ4n) is 1.08. The van der Waals surface area contributed by atoms with Crippen LogP contribution in [0, 0.1) is 0 Å². The zero-order valence-electron chi connectivity index (χ0n) is 11.3. The van der Waals surface area contributed by atoms with E-state index in [9.17, 15) is 18.0 Å². The van der Waals surface area contributed by atoms with Crippen molar-refractivity contribution in [3.8, 4) is 5.75 Å². The Balaban J connectivity index is 0.000000486. The summed E-state index contributed by atoms with van der Waals surface area (Å²) in [6, 6.07) is 9.12. The second-order valence-corrected chi connectivity index (χ2v) is 3.80. The van der Waals surface area contributed by atoms with Crippen LogP contribution in [-0.4, -0.2) is 36.8 Å². The minimum absolute atomic E-state index is 0.175. The number of carbonyl (C=O) groups is 2. The zero-order valence-corrected chi connectivity index (χ0v) is 11.3. The molecule has 5 nitrogen and oxygen atoms in total. The third-order valence-electron chi connectivity index (χ3n) is 2.03. The highest BCUT2D eigenvalue weighted by Gasteiger charge is 2.38. The van der Waals surface area contributed by atoms with Gasteiger partial charge in [-0.05, 0) is 32.1 Å². The molecule has 0 bridgehead atoms. The van der Waals surface area contributed by atoms with Crippen LogP contribution in [0.4, 0.5) is 13.2 Å². The topological polar surface area (TPSA) is 75.6 Å². The predicted molar refractivity (Wildman–Crippen MR) is 68.9 cm³/mol. The highest BCUT2D eigenvalue weighted by Crippen LogP contribution is 2.13. The van der Waals surface area contributed by atoms with E-state index >= 15 is 0 Å². The van der Waals surface area contributed by atoms with E-state index in [2.05, 4.69) is 5.32 Å². The smallest absolute Gasteiger partial charge is 0.475 e. The number of halogens is 3. The predicted octanol–water partition coefficient (Wildman–Crippen LogP) is 2.22. The molecule has 1 aromatic carbocycles. The molecule has 0 unspecified atom stereocenters. The number of ether oxygens (including phenoxy) is 1. The van der Waals surface area contributed by atoms with E-state index in [4.69, 9.17) is 14.6 Å². The van der Waals surface area contributed by atoms with Crippen molar-refractivity contribution >= 4 is 11.9 Å². The molecule has 0 saturated carbocycles. The molecule has 1 rings (SSSR count). The maximum Gasteiger partial charge on any atom is 0.490 e. The number of nitrogens with one attached hydrogen (secondary N) is 1. The number of hydrogen-bond donors (Lipinski definition) is 2. The summed E-state index contributed by atoms with van der Waals surface area (Å²) in [6.07, 6.45) is -3.82. The van der Waals surface area contributed by atoms with Crippen LogP contribution in [0.3, 0.4) is 0 Å².